The number of halogens is 1. The van der Waals surface area contributed by atoms with Gasteiger partial charge in [0.15, 0.2) is 12.3 Å². The summed E-state index contributed by atoms with van der Waals surface area (Å²) in [5.41, 5.74) is 1.63. The smallest absolute Gasteiger partial charge is 0.344 e. The number of benzene rings is 1. The maximum Gasteiger partial charge on any atom is 0.344 e. The van der Waals surface area contributed by atoms with E-state index < -0.39 is 18.5 Å². The minimum atomic E-state index is -0.651. The van der Waals surface area contributed by atoms with Gasteiger partial charge in [-0.2, -0.15) is 5.10 Å². The highest BCUT2D eigenvalue weighted by Crippen LogP contribution is 2.16. The average Bonchev–Trinajstić information content (AvgIpc) is 2.88. The number of hydrogen-bond donors (Lipinski definition) is 1. The van der Waals surface area contributed by atoms with E-state index in [2.05, 4.69) is 15.4 Å². The number of hydrogen-bond acceptors (Lipinski definition) is 5. The van der Waals surface area contributed by atoms with E-state index in [1.807, 2.05) is 0 Å². The molecule has 1 N–H and O–H groups in total. The molecule has 0 aliphatic rings. The van der Waals surface area contributed by atoms with Crippen LogP contribution >= 0.6 is 11.6 Å². The molecule has 0 radical (unpaired) electrons. The zero-order valence-corrected chi connectivity index (χ0v) is 13.4. The molecule has 7 nitrogen and oxygen atoms in total. The average molecular weight is 345 g/mol. The molecule has 0 aliphatic heterocycles. The third kappa shape index (κ3) is 3.36. The third-order valence-electron chi connectivity index (χ3n) is 3.22. The molecular formula is C16H13ClN4O3. The Morgan fingerprint density at radius 2 is 2.17 bits per heavy atom. The Morgan fingerprint density at radius 1 is 1.33 bits per heavy atom. The number of nitrogens with zero attached hydrogens (tertiary/aromatic N) is 3. The van der Waals surface area contributed by atoms with E-state index in [1.165, 1.54) is 4.52 Å². The largest absolute Gasteiger partial charge is 0.452 e. The Hall–Kier alpha value is -2.93. The lowest BCUT2D eigenvalue weighted by atomic mass is 10.2. The van der Waals surface area contributed by atoms with Crippen molar-refractivity contribution in [2.45, 2.75) is 6.92 Å². The summed E-state index contributed by atoms with van der Waals surface area (Å²) in [6.45, 7) is 1.26. The molecular weight excluding hydrogens is 332 g/mol. The van der Waals surface area contributed by atoms with Crippen molar-refractivity contribution in [2.75, 3.05) is 11.9 Å². The predicted octanol–water partition coefficient (Wildman–Crippen LogP) is 2.49. The first-order valence-corrected chi connectivity index (χ1v) is 7.45. The van der Waals surface area contributed by atoms with Crippen LogP contribution in [0.2, 0.25) is 5.02 Å². The van der Waals surface area contributed by atoms with Gasteiger partial charge in [-0.05, 0) is 31.2 Å². The fourth-order valence-electron chi connectivity index (χ4n) is 2.20. The van der Waals surface area contributed by atoms with Gasteiger partial charge in [0, 0.05) is 23.1 Å². The van der Waals surface area contributed by atoms with Crippen LogP contribution in [-0.4, -0.2) is 33.1 Å². The molecule has 1 amide bonds. The molecule has 122 valence electrons. The molecule has 8 heteroatoms. The second-order valence-electron chi connectivity index (χ2n) is 4.98. The second-order valence-corrected chi connectivity index (χ2v) is 5.42. The molecule has 0 saturated heterocycles. The fourth-order valence-corrected chi connectivity index (χ4v) is 2.39. The molecule has 3 aromatic rings. The first kappa shape index (κ1) is 15.9. The van der Waals surface area contributed by atoms with Crippen LogP contribution in [0.25, 0.3) is 5.65 Å². The standard InChI is InChI=1S/C16H13ClN4O3/c1-10-14(15-18-6-3-7-21(15)20-10)16(23)24-9-13(22)19-12-5-2-4-11(17)8-12/h2-8H,9H2,1H3,(H,19,22). The first-order valence-electron chi connectivity index (χ1n) is 7.07. The molecule has 0 spiro atoms. The summed E-state index contributed by atoms with van der Waals surface area (Å²) in [6, 6.07) is 8.38. The summed E-state index contributed by atoms with van der Waals surface area (Å²) in [7, 11) is 0. The van der Waals surface area contributed by atoms with Crippen LogP contribution in [0.3, 0.4) is 0 Å². The van der Waals surface area contributed by atoms with Crippen LogP contribution in [0.1, 0.15) is 16.1 Å². The van der Waals surface area contributed by atoms with Crippen LogP contribution in [-0.2, 0) is 9.53 Å². The number of aryl methyl sites for hydroxylation is 1. The lowest BCUT2D eigenvalue weighted by molar-refractivity contribution is -0.119. The highest BCUT2D eigenvalue weighted by atomic mass is 35.5. The Morgan fingerprint density at radius 3 is 2.96 bits per heavy atom. The van der Waals surface area contributed by atoms with Crippen molar-refractivity contribution in [1.82, 2.24) is 14.6 Å². The van der Waals surface area contributed by atoms with Crippen molar-refractivity contribution < 1.29 is 14.3 Å². The van der Waals surface area contributed by atoms with E-state index in [4.69, 9.17) is 16.3 Å². The highest BCUT2D eigenvalue weighted by Gasteiger charge is 2.20. The van der Waals surface area contributed by atoms with Gasteiger partial charge in [-0.15, -0.1) is 0 Å². The number of anilines is 1. The lowest BCUT2D eigenvalue weighted by Gasteiger charge is -2.06. The maximum absolute atomic E-state index is 12.2. The Balaban J connectivity index is 1.66. The van der Waals surface area contributed by atoms with Gasteiger partial charge >= 0.3 is 5.97 Å². The number of nitrogens with one attached hydrogen (secondary N) is 1. The van der Waals surface area contributed by atoms with E-state index in [-0.39, 0.29) is 5.56 Å². The molecule has 2 heterocycles. The van der Waals surface area contributed by atoms with Crippen LogP contribution in [0, 0.1) is 6.92 Å². The van der Waals surface area contributed by atoms with E-state index in [1.54, 1.807) is 49.6 Å². The maximum atomic E-state index is 12.2. The molecule has 3 rings (SSSR count). The van der Waals surface area contributed by atoms with Gasteiger partial charge < -0.3 is 10.1 Å². The molecule has 0 saturated carbocycles. The van der Waals surface area contributed by atoms with E-state index in [0.29, 0.717) is 22.1 Å². The summed E-state index contributed by atoms with van der Waals surface area (Å²) in [5, 5.41) is 7.27. The summed E-state index contributed by atoms with van der Waals surface area (Å²) < 4.78 is 6.55. The Kier molecular flexibility index (Phi) is 4.43. The topological polar surface area (TPSA) is 85.6 Å². The molecule has 0 aliphatic carbocycles. The van der Waals surface area contributed by atoms with Crippen molar-refractivity contribution in [3.63, 3.8) is 0 Å². The van der Waals surface area contributed by atoms with Gasteiger partial charge in [0.05, 0.1) is 5.69 Å². The highest BCUT2D eigenvalue weighted by molar-refractivity contribution is 6.30. The van der Waals surface area contributed by atoms with Crippen molar-refractivity contribution in [3.05, 3.63) is 59.0 Å². The third-order valence-corrected chi connectivity index (χ3v) is 3.45. The second kappa shape index (κ2) is 6.67. The summed E-state index contributed by atoms with van der Waals surface area (Å²) in [5.74, 6) is -1.12. The van der Waals surface area contributed by atoms with E-state index in [9.17, 15) is 9.59 Å². The minimum absolute atomic E-state index is 0.242. The zero-order chi connectivity index (χ0) is 17.1. The number of amides is 1. The number of ether oxygens (including phenoxy) is 1. The first-order chi connectivity index (χ1) is 11.5. The van der Waals surface area contributed by atoms with Crippen molar-refractivity contribution in [1.29, 1.82) is 0 Å². The number of fused-ring (bicyclic) bond motifs is 1. The van der Waals surface area contributed by atoms with Crippen LogP contribution in [0.4, 0.5) is 5.69 Å². The number of carbonyl (C=O) groups excluding carboxylic acids is 2. The molecule has 0 unspecified atom stereocenters. The fraction of sp³-hybridized carbons (Fsp3) is 0.125. The number of esters is 1. The van der Waals surface area contributed by atoms with Crippen molar-refractivity contribution >= 4 is 34.8 Å². The minimum Gasteiger partial charge on any atom is -0.452 e. The number of carbonyl (C=O) groups is 2. The van der Waals surface area contributed by atoms with E-state index in [0.717, 1.165) is 0 Å². The molecule has 0 fully saturated rings. The zero-order valence-electron chi connectivity index (χ0n) is 12.7. The molecule has 24 heavy (non-hydrogen) atoms. The Labute approximate surface area is 142 Å². The van der Waals surface area contributed by atoms with E-state index >= 15 is 0 Å². The monoisotopic (exact) mass is 344 g/mol. The molecule has 0 atom stereocenters. The SMILES string of the molecule is Cc1nn2cccnc2c1C(=O)OCC(=O)Nc1cccc(Cl)c1. The quantitative estimate of drug-likeness (QED) is 0.735. The van der Waals surface area contributed by atoms with Gasteiger partial charge in [0.25, 0.3) is 5.91 Å². The number of rotatable bonds is 4. The molecule has 2 aromatic heterocycles. The predicted molar refractivity (Wildman–Crippen MR) is 88.1 cm³/mol. The summed E-state index contributed by atoms with van der Waals surface area (Å²) in [4.78, 5) is 28.2. The lowest BCUT2D eigenvalue weighted by Crippen LogP contribution is -2.21. The Bertz CT molecular complexity index is 923. The van der Waals surface area contributed by atoms with Crippen LogP contribution in [0.5, 0.6) is 0 Å². The summed E-state index contributed by atoms with van der Waals surface area (Å²) in [6.07, 6.45) is 3.23. The van der Waals surface area contributed by atoms with Gasteiger partial charge in [-0.25, -0.2) is 14.3 Å². The van der Waals surface area contributed by atoms with Gasteiger partial charge in [-0.3, -0.25) is 4.79 Å². The normalized spacial score (nSPS) is 10.6. The van der Waals surface area contributed by atoms with Crippen LogP contribution < -0.4 is 5.32 Å². The summed E-state index contributed by atoms with van der Waals surface area (Å²) >= 11 is 5.84. The van der Waals surface area contributed by atoms with Crippen LogP contribution in [0.15, 0.2) is 42.7 Å². The van der Waals surface area contributed by atoms with Crippen molar-refractivity contribution in [3.8, 4) is 0 Å². The molecule has 1 aromatic carbocycles. The van der Waals surface area contributed by atoms with Gasteiger partial charge in [0.1, 0.15) is 5.56 Å². The van der Waals surface area contributed by atoms with Gasteiger partial charge in [0.2, 0.25) is 0 Å². The molecule has 0 bridgehead atoms. The van der Waals surface area contributed by atoms with Gasteiger partial charge in [-0.1, -0.05) is 17.7 Å². The van der Waals surface area contributed by atoms with Crippen molar-refractivity contribution in [2.24, 2.45) is 0 Å². The number of aromatic nitrogens is 3.